The van der Waals surface area contributed by atoms with E-state index in [4.69, 9.17) is 4.74 Å². The van der Waals surface area contributed by atoms with Gasteiger partial charge < -0.3 is 14.5 Å². The highest BCUT2D eigenvalue weighted by molar-refractivity contribution is 5.99. The van der Waals surface area contributed by atoms with Crippen LogP contribution in [0.15, 0.2) is 42.5 Å². The molecule has 0 unspecified atom stereocenters. The molecule has 0 N–H and O–H groups in total. The minimum atomic E-state index is -0.631. The van der Waals surface area contributed by atoms with E-state index >= 15 is 0 Å². The number of non-ortho nitro benzene ring substituents is 1. The van der Waals surface area contributed by atoms with E-state index in [1.54, 1.807) is 35.2 Å². The number of rotatable bonds is 5. The average Bonchev–Trinajstić information content (AvgIpc) is 3.22. The number of carbonyl (C=O) groups excluding carboxylic acids is 3. The van der Waals surface area contributed by atoms with Crippen LogP contribution in [0.1, 0.15) is 35.2 Å². The van der Waals surface area contributed by atoms with Crippen molar-refractivity contribution in [1.29, 1.82) is 0 Å². The summed E-state index contributed by atoms with van der Waals surface area (Å²) in [5.41, 5.74) is 2.34. The van der Waals surface area contributed by atoms with Crippen LogP contribution in [0.25, 0.3) is 0 Å². The van der Waals surface area contributed by atoms with Gasteiger partial charge in [0.15, 0.2) is 6.61 Å². The smallest absolute Gasteiger partial charge is 0.338 e. The summed E-state index contributed by atoms with van der Waals surface area (Å²) in [6, 6.07) is 10.9. The molecule has 9 heteroatoms. The summed E-state index contributed by atoms with van der Waals surface area (Å²) in [5.74, 6) is -0.955. The maximum absolute atomic E-state index is 12.7. The number of carbonyl (C=O) groups is 3. The molecular formula is C22H21N3O6. The average molecular weight is 423 g/mol. The lowest BCUT2D eigenvalue weighted by atomic mass is 10.0. The Hall–Kier alpha value is -3.75. The van der Waals surface area contributed by atoms with Crippen molar-refractivity contribution in [3.63, 3.8) is 0 Å². The molecule has 0 radical (unpaired) electrons. The molecule has 4 rings (SSSR count). The van der Waals surface area contributed by atoms with Crippen LogP contribution in [0.4, 0.5) is 17.1 Å². The number of nitro benzene ring substituents is 1. The van der Waals surface area contributed by atoms with Crippen molar-refractivity contribution in [3.8, 4) is 0 Å². The molecule has 2 aliphatic rings. The Labute approximate surface area is 178 Å². The Morgan fingerprint density at radius 3 is 2.45 bits per heavy atom. The number of anilines is 2. The zero-order valence-corrected chi connectivity index (χ0v) is 16.8. The lowest BCUT2D eigenvalue weighted by Gasteiger charge is -2.29. The molecule has 0 spiro atoms. The van der Waals surface area contributed by atoms with Gasteiger partial charge >= 0.3 is 5.97 Å². The van der Waals surface area contributed by atoms with Crippen LogP contribution >= 0.6 is 0 Å². The highest BCUT2D eigenvalue weighted by atomic mass is 16.6. The summed E-state index contributed by atoms with van der Waals surface area (Å²) in [6.07, 6.45) is 2.66. The second-order valence-corrected chi connectivity index (χ2v) is 7.49. The van der Waals surface area contributed by atoms with Gasteiger partial charge in [-0.25, -0.2) is 4.79 Å². The minimum Gasteiger partial charge on any atom is -0.452 e. The Morgan fingerprint density at radius 1 is 1.03 bits per heavy atom. The van der Waals surface area contributed by atoms with Gasteiger partial charge in [0.2, 0.25) is 5.91 Å². The Morgan fingerprint density at radius 2 is 1.77 bits per heavy atom. The van der Waals surface area contributed by atoms with E-state index in [1.165, 1.54) is 17.0 Å². The maximum Gasteiger partial charge on any atom is 0.338 e. The molecule has 1 saturated heterocycles. The van der Waals surface area contributed by atoms with Crippen molar-refractivity contribution in [1.82, 2.24) is 0 Å². The Bertz CT molecular complexity index is 1050. The van der Waals surface area contributed by atoms with Crippen LogP contribution in [-0.2, 0) is 20.7 Å². The van der Waals surface area contributed by atoms with E-state index in [9.17, 15) is 24.5 Å². The normalized spacial score (nSPS) is 15.5. The van der Waals surface area contributed by atoms with Crippen LogP contribution in [0.5, 0.6) is 0 Å². The van der Waals surface area contributed by atoms with Crippen molar-refractivity contribution in [2.24, 2.45) is 0 Å². The molecule has 0 saturated carbocycles. The number of nitro groups is 1. The summed E-state index contributed by atoms with van der Waals surface area (Å²) in [6.45, 7) is 0.693. The van der Waals surface area contributed by atoms with Crippen molar-refractivity contribution in [2.45, 2.75) is 25.7 Å². The molecule has 2 aromatic carbocycles. The summed E-state index contributed by atoms with van der Waals surface area (Å²) < 4.78 is 5.19. The highest BCUT2D eigenvalue weighted by Gasteiger charge is 2.26. The molecule has 2 aliphatic heterocycles. The lowest BCUT2D eigenvalue weighted by molar-refractivity contribution is -0.384. The monoisotopic (exact) mass is 423 g/mol. The quantitative estimate of drug-likeness (QED) is 0.415. The molecule has 0 aromatic heterocycles. The topological polar surface area (TPSA) is 110 Å². The first kappa shape index (κ1) is 20.5. The molecule has 2 heterocycles. The van der Waals surface area contributed by atoms with E-state index in [0.717, 1.165) is 17.7 Å². The van der Waals surface area contributed by atoms with Gasteiger partial charge in [0.25, 0.3) is 11.6 Å². The summed E-state index contributed by atoms with van der Waals surface area (Å²) in [7, 11) is 0. The largest absolute Gasteiger partial charge is 0.452 e. The SMILES string of the molecule is O=C(OCC(=O)N1CCCc2cc([N+](=O)[O-])ccc21)c1ccc(N2CCCC2=O)cc1. The molecule has 2 aromatic rings. The lowest BCUT2D eigenvalue weighted by Crippen LogP contribution is -2.38. The second-order valence-electron chi connectivity index (χ2n) is 7.49. The van der Waals surface area contributed by atoms with E-state index in [-0.39, 0.29) is 23.1 Å². The standard InChI is InChI=1S/C22H21N3O6/c26-20-4-2-11-23(20)17-7-5-15(6-8-17)22(28)31-14-21(27)24-12-1-3-16-13-18(25(29)30)9-10-19(16)24/h5-10,13H,1-4,11-12,14H2. The molecular weight excluding hydrogens is 402 g/mol. The predicted molar refractivity (Wildman–Crippen MR) is 112 cm³/mol. The van der Waals surface area contributed by atoms with Crippen LogP contribution in [0.3, 0.4) is 0 Å². The highest BCUT2D eigenvalue weighted by Crippen LogP contribution is 2.30. The van der Waals surface area contributed by atoms with Gasteiger partial charge in [0.05, 0.1) is 10.5 Å². The van der Waals surface area contributed by atoms with Crippen molar-refractivity contribution in [3.05, 3.63) is 63.7 Å². The molecule has 1 fully saturated rings. The fraction of sp³-hybridized carbons (Fsp3) is 0.318. The van der Waals surface area contributed by atoms with Gasteiger partial charge in [-0.05, 0) is 55.2 Å². The first-order chi connectivity index (χ1) is 14.9. The number of esters is 1. The van der Waals surface area contributed by atoms with Gasteiger partial charge in [0.1, 0.15) is 0 Å². The number of ether oxygens (including phenoxy) is 1. The Kier molecular flexibility index (Phi) is 5.66. The van der Waals surface area contributed by atoms with Gasteiger partial charge in [-0.15, -0.1) is 0 Å². The second kappa shape index (κ2) is 8.55. The molecule has 9 nitrogen and oxygen atoms in total. The van der Waals surface area contributed by atoms with Gasteiger partial charge in [-0.3, -0.25) is 19.7 Å². The minimum absolute atomic E-state index is 0.0152. The van der Waals surface area contributed by atoms with Crippen molar-refractivity contribution >= 4 is 34.8 Å². The molecule has 0 aliphatic carbocycles. The maximum atomic E-state index is 12.7. The number of nitrogens with zero attached hydrogens (tertiary/aromatic N) is 3. The van der Waals surface area contributed by atoms with Gasteiger partial charge in [-0.2, -0.15) is 0 Å². The van der Waals surface area contributed by atoms with E-state index in [1.807, 2.05) is 0 Å². The third kappa shape index (κ3) is 4.25. The zero-order valence-electron chi connectivity index (χ0n) is 16.8. The summed E-state index contributed by atoms with van der Waals surface area (Å²) >= 11 is 0. The summed E-state index contributed by atoms with van der Waals surface area (Å²) in [5, 5.41) is 11.0. The van der Waals surface area contributed by atoms with Crippen molar-refractivity contribution < 1.29 is 24.0 Å². The van der Waals surface area contributed by atoms with Crippen LogP contribution in [-0.4, -0.2) is 42.4 Å². The first-order valence-corrected chi connectivity index (χ1v) is 10.1. The molecule has 31 heavy (non-hydrogen) atoms. The fourth-order valence-electron chi connectivity index (χ4n) is 3.94. The number of amides is 2. The first-order valence-electron chi connectivity index (χ1n) is 10.1. The number of aryl methyl sites for hydroxylation is 1. The van der Waals surface area contributed by atoms with Crippen LogP contribution < -0.4 is 9.80 Å². The third-order valence-corrected chi connectivity index (χ3v) is 5.51. The van der Waals surface area contributed by atoms with Gasteiger partial charge in [-0.1, -0.05) is 0 Å². The van der Waals surface area contributed by atoms with E-state index < -0.39 is 17.5 Å². The number of hydrogen-bond donors (Lipinski definition) is 0. The molecule has 160 valence electrons. The third-order valence-electron chi connectivity index (χ3n) is 5.51. The summed E-state index contributed by atoms with van der Waals surface area (Å²) in [4.78, 5) is 50.5. The fourth-order valence-corrected chi connectivity index (χ4v) is 3.94. The van der Waals surface area contributed by atoms with Crippen molar-refractivity contribution in [2.75, 3.05) is 29.5 Å². The van der Waals surface area contributed by atoms with Crippen LogP contribution in [0.2, 0.25) is 0 Å². The molecule has 2 amide bonds. The van der Waals surface area contributed by atoms with Gasteiger partial charge in [0, 0.05) is 43.0 Å². The zero-order chi connectivity index (χ0) is 22.0. The molecule has 0 bridgehead atoms. The predicted octanol–water partition coefficient (Wildman–Crippen LogP) is 2.86. The number of benzene rings is 2. The number of fused-ring (bicyclic) bond motifs is 1. The molecule has 0 atom stereocenters. The van der Waals surface area contributed by atoms with E-state index in [0.29, 0.717) is 38.0 Å². The van der Waals surface area contributed by atoms with Crippen LogP contribution in [0, 0.1) is 10.1 Å². The van der Waals surface area contributed by atoms with E-state index in [2.05, 4.69) is 0 Å². The number of hydrogen-bond acceptors (Lipinski definition) is 6. The Balaban J connectivity index is 1.38.